The van der Waals surface area contributed by atoms with Gasteiger partial charge < -0.3 is 15.8 Å². The first-order chi connectivity index (χ1) is 8.92. The van der Waals surface area contributed by atoms with Gasteiger partial charge >= 0.3 is 0 Å². The Hall–Kier alpha value is -1.21. The standard InChI is InChI=1S/C12H22FN3O3/c1-8(19-2)3-12(18)15-5-10-4-9(13)6-16(10)7-11(14)17/h8-10H,3-7H2,1-2H3,(H2,14,17)(H,15,18)/t8-,9+,10+/m1/s1. The lowest BCUT2D eigenvalue weighted by Crippen LogP contribution is -2.44. The Morgan fingerprint density at radius 3 is 2.84 bits per heavy atom. The fourth-order valence-electron chi connectivity index (χ4n) is 2.18. The molecule has 110 valence electrons. The van der Waals surface area contributed by atoms with Crippen molar-refractivity contribution in [3.05, 3.63) is 0 Å². The minimum Gasteiger partial charge on any atom is -0.381 e. The van der Waals surface area contributed by atoms with Gasteiger partial charge in [0, 0.05) is 26.2 Å². The number of carbonyl (C=O) groups excluding carboxylic acids is 2. The average molecular weight is 275 g/mol. The molecule has 3 atom stereocenters. The van der Waals surface area contributed by atoms with Crippen molar-refractivity contribution in [1.82, 2.24) is 10.2 Å². The summed E-state index contributed by atoms with van der Waals surface area (Å²) in [4.78, 5) is 24.1. The number of nitrogens with two attached hydrogens (primary N) is 1. The van der Waals surface area contributed by atoms with E-state index in [9.17, 15) is 14.0 Å². The highest BCUT2D eigenvalue weighted by Gasteiger charge is 2.32. The second-order valence-electron chi connectivity index (χ2n) is 4.94. The normalized spacial score (nSPS) is 25.2. The third-order valence-corrected chi connectivity index (χ3v) is 3.25. The molecule has 0 aromatic carbocycles. The molecule has 0 saturated carbocycles. The van der Waals surface area contributed by atoms with Crippen molar-refractivity contribution in [2.45, 2.75) is 38.1 Å². The van der Waals surface area contributed by atoms with Crippen molar-refractivity contribution in [2.24, 2.45) is 5.73 Å². The largest absolute Gasteiger partial charge is 0.381 e. The lowest BCUT2D eigenvalue weighted by Gasteiger charge is -2.22. The SMILES string of the molecule is CO[C@H](C)CC(=O)NC[C@@H]1C[C@H](F)CN1CC(N)=O. The highest BCUT2D eigenvalue weighted by molar-refractivity contribution is 5.77. The molecule has 0 aliphatic carbocycles. The summed E-state index contributed by atoms with van der Waals surface area (Å²) in [5.41, 5.74) is 5.11. The van der Waals surface area contributed by atoms with Crippen molar-refractivity contribution in [1.29, 1.82) is 0 Å². The van der Waals surface area contributed by atoms with E-state index < -0.39 is 12.1 Å². The summed E-state index contributed by atoms with van der Waals surface area (Å²) in [6.07, 6.45) is -0.552. The maximum Gasteiger partial charge on any atom is 0.231 e. The molecule has 0 radical (unpaired) electrons. The lowest BCUT2D eigenvalue weighted by molar-refractivity contribution is -0.123. The van der Waals surface area contributed by atoms with Crippen LogP contribution in [0, 0.1) is 0 Å². The zero-order chi connectivity index (χ0) is 14.4. The summed E-state index contributed by atoms with van der Waals surface area (Å²) < 4.78 is 18.3. The van der Waals surface area contributed by atoms with Gasteiger partial charge in [0.25, 0.3) is 0 Å². The number of halogens is 1. The van der Waals surface area contributed by atoms with Crippen LogP contribution in [0.3, 0.4) is 0 Å². The van der Waals surface area contributed by atoms with Crippen LogP contribution in [0.25, 0.3) is 0 Å². The average Bonchev–Trinajstić information content (AvgIpc) is 2.65. The second-order valence-corrected chi connectivity index (χ2v) is 4.94. The van der Waals surface area contributed by atoms with Crippen molar-refractivity contribution >= 4 is 11.8 Å². The molecule has 1 heterocycles. The Morgan fingerprint density at radius 1 is 1.58 bits per heavy atom. The third-order valence-electron chi connectivity index (χ3n) is 3.25. The van der Waals surface area contributed by atoms with Gasteiger partial charge in [0.05, 0.1) is 19.1 Å². The molecule has 2 amide bonds. The van der Waals surface area contributed by atoms with Crippen LogP contribution in [-0.2, 0) is 14.3 Å². The molecule has 19 heavy (non-hydrogen) atoms. The molecule has 1 aliphatic rings. The summed E-state index contributed by atoms with van der Waals surface area (Å²) in [6.45, 7) is 2.34. The molecule has 7 heteroatoms. The van der Waals surface area contributed by atoms with Crippen molar-refractivity contribution < 1.29 is 18.7 Å². The quantitative estimate of drug-likeness (QED) is 0.651. The van der Waals surface area contributed by atoms with Crippen molar-refractivity contribution in [3.63, 3.8) is 0 Å². The summed E-state index contributed by atoms with van der Waals surface area (Å²) in [6, 6.07) is -0.177. The number of nitrogens with zero attached hydrogens (tertiary/aromatic N) is 1. The number of primary amides is 1. The van der Waals surface area contributed by atoms with E-state index in [0.717, 1.165) is 0 Å². The number of alkyl halides is 1. The fraction of sp³-hybridized carbons (Fsp3) is 0.833. The molecule has 3 N–H and O–H groups in total. The number of methoxy groups -OCH3 is 1. The number of carbonyl (C=O) groups is 2. The van der Waals surface area contributed by atoms with E-state index in [2.05, 4.69) is 5.32 Å². The molecule has 1 rings (SSSR count). The minimum atomic E-state index is -0.973. The van der Waals surface area contributed by atoms with E-state index in [1.165, 1.54) is 7.11 Å². The highest BCUT2D eigenvalue weighted by atomic mass is 19.1. The molecular formula is C12H22FN3O3. The molecule has 1 saturated heterocycles. The Balaban J connectivity index is 2.37. The first kappa shape index (κ1) is 15.8. The predicted molar refractivity (Wildman–Crippen MR) is 68.2 cm³/mol. The molecule has 0 spiro atoms. The Bertz CT molecular complexity index is 327. The molecule has 0 aromatic rings. The van der Waals surface area contributed by atoms with E-state index in [0.29, 0.717) is 13.0 Å². The summed E-state index contributed by atoms with van der Waals surface area (Å²) in [5.74, 6) is -0.630. The zero-order valence-corrected chi connectivity index (χ0v) is 11.4. The first-order valence-corrected chi connectivity index (χ1v) is 6.38. The first-order valence-electron chi connectivity index (χ1n) is 6.38. The molecule has 1 aliphatic heterocycles. The molecule has 1 fully saturated rings. The van der Waals surface area contributed by atoms with E-state index >= 15 is 0 Å². The Kier molecular flexibility index (Phi) is 6.17. The van der Waals surface area contributed by atoms with Gasteiger partial charge in [-0.1, -0.05) is 0 Å². The maximum absolute atomic E-state index is 13.3. The van der Waals surface area contributed by atoms with Crippen LogP contribution in [-0.4, -0.2) is 61.8 Å². The van der Waals surface area contributed by atoms with E-state index in [1.807, 2.05) is 0 Å². The number of rotatable bonds is 7. The van der Waals surface area contributed by atoms with Crippen LogP contribution < -0.4 is 11.1 Å². The van der Waals surface area contributed by atoms with E-state index in [4.69, 9.17) is 10.5 Å². The van der Waals surface area contributed by atoms with Crippen LogP contribution in [0.15, 0.2) is 0 Å². The van der Waals surface area contributed by atoms with Crippen LogP contribution in [0.5, 0.6) is 0 Å². The smallest absolute Gasteiger partial charge is 0.231 e. The Labute approximate surface area is 112 Å². The number of nitrogens with one attached hydrogen (secondary N) is 1. The van der Waals surface area contributed by atoms with E-state index in [-0.39, 0.29) is 37.6 Å². The van der Waals surface area contributed by atoms with E-state index in [1.54, 1.807) is 11.8 Å². The summed E-state index contributed by atoms with van der Waals surface area (Å²) >= 11 is 0. The third kappa shape index (κ3) is 5.52. The molecule has 0 bridgehead atoms. The van der Waals surface area contributed by atoms with Crippen LogP contribution >= 0.6 is 0 Å². The summed E-state index contributed by atoms with van der Waals surface area (Å²) in [7, 11) is 1.54. The van der Waals surface area contributed by atoms with Gasteiger partial charge in [-0.3, -0.25) is 14.5 Å². The number of ether oxygens (including phenoxy) is 1. The maximum atomic E-state index is 13.3. The molecule has 0 aromatic heterocycles. The van der Waals surface area contributed by atoms with Crippen LogP contribution in [0.1, 0.15) is 19.8 Å². The Morgan fingerprint density at radius 2 is 2.26 bits per heavy atom. The van der Waals surface area contributed by atoms with Gasteiger partial charge in [0.1, 0.15) is 6.17 Å². The summed E-state index contributed by atoms with van der Waals surface area (Å²) in [5, 5.41) is 2.73. The topological polar surface area (TPSA) is 84.7 Å². The molecule has 6 nitrogen and oxygen atoms in total. The number of hydrogen-bond donors (Lipinski definition) is 2. The number of likely N-dealkylation sites (tertiary alicyclic amines) is 1. The van der Waals surface area contributed by atoms with Gasteiger partial charge in [0.2, 0.25) is 11.8 Å². The number of hydrogen-bond acceptors (Lipinski definition) is 4. The lowest BCUT2D eigenvalue weighted by atomic mass is 10.2. The molecule has 0 unspecified atom stereocenters. The van der Waals surface area contributed by atoms with Gasteiger partial charge in [-0.05, 0) is 13.3 Å². The molecular weight excluding hydrogens is 253 g/mol. The fourth-order valence-corrected chi connectivity index (χ4v) is 2.18. The predicted octanol–water partition coefficient (Wildman–Crippen LogP) is -0.575. The monoisotopic (exact) mass is 275 g/mol. The number of amides is 2. The van der Waals surface area contributed by atoms with Crippen LogP contribution in [0.2, 0.25) is 0 Å². The van der Waals surface area contributed by atoms with Crippen molar-refractivity contribution in [2.75, 3.05) is 26.7 Å². The zero-order valence-electron chi connectivity index (χ0n) is 11.4. The minimum absolute atomic E-state index is 0.0232. The van der Waals surface area contributed by atoms with Gasteiger partial charge in [-0.25, -0.2) is 4.39 Å². The van der Waals surface area contributed by atoms with Gasteiger partial charge in [0.15, 0.2) is 0 Å². The van der Waals surface area contributed by atoms with Gasteiger partial charge in [-0.2, -0.15) is 0 Å². The van der Waals surface area contributed by atoms with Crippen molar-refractivity contribution in [3.8, 4) is 0 Å². The van der Waals surface area contributed by atoms with Gasteiger partial charge in [-0.15, -0.1) is 0 Å². The second kappa shape index (κ2) is 7.40. The van der Waals surface area contributed by atoms with Crippen LogP contribution in [0.4, 0.5) is 4.39 Å². The highest BCUT2D eigenvalue weighted by Crippen LogP contribution is 2.19.